The van der Waals surface area contributed by atoms with E-state index in [0.717, 1.165) is 5.71 Å². The van der Waals surface area contributed by atoms with E-state index < -0.39 is 0 Å². The van der Waals surface area contributed by atoms with E-state index in [1.54, 1.807) is 6.92 Å². The zero-order valence-corrected chi connectivity index (χ0v) is 7.91. The first-order valence-electron chi connectivity index (χ1n) is 3.80. The van der Waals surface area contributed by atoms with Gasteiger partial charge in [-0.25, -0.2) is 4.99 Å². The Morgan fingerprint density at radius 1 is 1.31 bits per heavy atom. The molecule has 1 atom stereocenters. The third-order valence-electron chi connectivity index (χ3n) is 1.83. The molecule has 3 nitrogen and oxygen atoms in total. The van der Waals surface area contributed by atoms with E-state index in [1.165, 1.54) is 0 Å². The highest BCUT2D eigenvalue weighted by Gasteiger charge is 2.24. The van der Waals surface area contributed by atoms with Crippen LogP contribution in [-0.4, -0.2) is 17.5 Å². The number of amidine groups is 1. The van der Waals surface area contributed by atoms with Gasteiger partial charge in [-0.2, -0.15) is 4.99 Å². The van der Waals surface area contributed by atoms with Gasteiger partial charge in [-0.15, -0.1) is 12.4 Å². The summed E-state index contributed by atoms with van der Waals surface area (Å²) in [6, 6.07) is 0. The summed E-state index contributed by atoms with van der Waals surface area (Å²) in [4.78, 5) is 19.2. The van der Waals surface area contributed by atoms with Crippen molar-refractivity contribution >= 4 is 29.9 Å². The second-order valence-corrected chi connectivity index (χ2v) is 2.76. The van der Waals surface area contributed by atoms with E-state index in [2.05, 4.69) is 9.98 Å². The number of amides is 1. The van der Waals surface area contributed by atoms with Crippen molar-refractivity contribution in [3.05, 3.63) is 24.3 Å². The highest BCUT2D eigenvalue weighted by molar-refractivity contribution is 6.20. The fourth-order valence-electron chi connectivity index (χ4n) is 1.29. The second-order valence-electron chi connectivity index (χ2n) is 2.76. The Morgan fingerprint density at radius 2 is 2.08 bits per heavy atom. The molecule has 0 saturated heterocycles. The van der Waals surface area contributed by atoms with Crippen LogP contribution >= 0.6 is 12.4 Å². The molecule has 0 aromatic carbocycles. The highest BCUT2D eigenvalue weighted by atomic mass is 35.5. The molecule has 0 aromatic heterocycles. The molecule has 0 fully saturated rings. The van der Waals surface area contributed by atoms with E-state index in [1.807, 2.05) is 24.3 Å². The maximum absolute atomic E-state index is 11.3. The van der Waals surface area contributed by atoms with Crippen molar-refractivity contribution in [3.63, 3.8) is 0 Å². The maximum atomic E-state index is 11.3. The van der Waals surface area contributed by atoms with Gasteiger partial charge in [0, 0.05) is 0 Å². The Labute approximate surface area is 82.4 Å². The summed E-state index contributed by atoms with van der Waals surface area (Å²) in [6.45, 7) is 1.73. The lowest BCUT2D eigenvalue weighted by Crippen LogP contribution is -2.25. The Morgan fingerprint density at radius 3 is 2.85 bits per heavy atom. The SMILES string of the molecule is CC1=NC(=O)C2C=CC=CC2=N1.Cl. The summed E-state index contributed by atoms with van der Waals surface area (Å²) in [6.07, 6.45) is 7.39. The summed E-state index contributed by atoms with van der Waals surface area (Å²) in [7, 11) is 0. The van der Waals surface area contributed by atoms with Crippen molar-refractivity contribution in [2.45, 2.75) is 6.92 Å². The van der Waals surface area contributed by atoms with Crippen molar-refractivity contribution in [3.8, 4) is 0 Å². The summed E-state index contributed by atoms with van der Waals surface area (Å²) in [5.74, 6) is 0.197. The lowest BCUT2D eigenvalue weighted by Gasteiger charge is -2.15. The lowest BCUT2D eigenvalue weighted by molar-refractivity contribution is -0.118. The normalized spacial score (nSPS) is 24.4. The molecule has 13 heavy (non-hydrogen) atoms. The second kappa shape index (κ2) is 3.66. The van der Waals surface area contributed by atoms with E-state index in [-0.39, 0.29) is 24.2 Å². The van der Waals surface area contributed by atoms with Crippen LogP contribution in [0.15, 0.2) is 34.3 Å². The molecule has 0 bridgehead atoms. The minimum Gasteiger partial charge on any atom is -0.271 e. The average Bonchev–Trinajstić information content (AvgIpc) is 2.04. The number of carbonyl (C=O) groups excluding carboxylic acids is 1. The molecule has 0 radical (unpaired) electrons. The largest absolute Gasteiger partial charge is 0.271 e. The van der Waals surface area contributed by atoms with Crippen LogP contribution in [0.5, 0.6) is 0 Å². The van der Waals surface area contributed by atoms with Crippen molar-refractivity contribution in [2.24, 2.45) is 15.9 Å². The van der Waals surface area contributed by atoms with Crippen LogP contribution in [0, 0.1) is 5.92 Å². The van der Waals surface area contributed by atoms with E-state index in [9.17, 15) is 4.79 Å². The van der Waals surface area contributed by atoms with E-state index in [4.69, 9.17) is 0 Å². The number of hydrogen-bond acceptors (Lipinski definition) is 2. The quantitative estimate of drug-likeness (QED) is 0.580. The van der Waals surface area contributed by atoms with Crippen LogP contribution in [0.2, 0.25) is 0 Å². The van der Waals surface area contributed by atoms with Crippen LogP contribution in [0.3, 0.4) is 0 Å². The number of aliphatic imine (C=N–C) groups is 2. The number of nitrogens with zero attached hydrogens (tertiary/aromatic N) is 2. The van der Waals surface area contributed by atoms with Gasteiger partial charge in [0.1, 0.15) is 11.8 Å². The van der Waals surface area contributed by atoms with Gasteiger partial charge in [0.25, 0.3) is 5.91 Å². The van der Waals surface area contributed by atoms with Gasteiger partial charge >= 0.3 is 0 Å². The molecule has 1 heterocycles. The van der Waals surface area contributed by atoms with Crippen molar-refractivity contribution in [1.82, 2.24) is 0 Å². The van der Waals surface area contributed by atoms with Crippen LogP contribution in [0.1, 0.15) is 6.92 Å². The molecule has 1 aliphatic heterocycles. The van der Waals surface area contributed by atoms with Gasteiger partial charge in [-0.05, 0) is 13.0 Å². The minimum atomic E-state index is -0.237. The number of fused-ring (bicyclic) bond motifs is 1. The highest BCUT2D eigenvalue weighted by Crippen LogP contribution is 2.15. The van der Waals surface area contributed by atoms with E-state index in [0.29, 0.717) is 5.84 Å². The van der Waals surface area contributed by atoms with Gasteiger partial charge in [0.2, 0.25) is 0 Å². The molecule has 2 rings (SSSR count). The van der Waals surface area contributed by atoms with E-state index >= 15 is 0 Å². The van der Waals surface area contributed by atoms with Crippen molar-refractivity contribution < 1.29 is 4.79 Å². The molecular weight excluding hydrogens is 188 g/mol. The first kappa shape index (κ1) is 9.86. The summed E-state index contributed by atoms with van der Waals surface area (Å²) >= 11 is 0. The first-order chi connectivity index (χ1) is 5.77. The fraction of sp³-hybridized carbons (Fsp3) is 0.222. The molecule has 0 N–H and O–H groups in total. The molecule has 68 valence electrons. The predicted molar refractivity (Wildman–Crippen MR) is 54.6 cm³/mol. The van der Waals surface area contributed by atoms with Gasteiger partial charge in [0.05, 0.1) is 5.71 Å². The first-order valence-corrected chi connectivity index (χ1v) is 3.80. The zero-order chi connectivity index (χ0) is 8.55. The van der Waals surface area contributed by atoms with Gasteiger partial charge in [-0.3, -0.25) is 4.79 Å². The lowest BCUT2D eigenvalue weighted by atomic mass is 9.97. The summed E-state index contributed by atoms with van der Waals surface area (Å²) in [5, 5.41) is 0. The molecule has 1 aliphatic carbocycles. The summed E-state index contributed by atoms with van der Waals surface area (Å²) < 4.78 is 0. The Balaban J connectivity index is 0.000000845. The standard InChI is InChI=1S/C9H8N2O.ClH/c1-6-10-8-5-3-2-4-7(8)9(12)11-6;/h2-5,7H,1H3;1H. The van der Waals surface area contributed by atoms with Crippen LogP contribution in [-0.2, 0) is 4.79 Å². The molecule has 0 aromatic rings. The van der Waals surface area contributed by atoms with Crippen LogP contribution in [0.4, 0.5) is 0 Å². The van der Waals surface area contributed by atoms with Gasteiger partial charge in [0.15, 0.2) is 0 Å². The molecule has 0 saturated carbocycles. The monoisotopic (exact) mass is 196 g/mol. The Bertz CT molecular complexity index is 353. The van der Waals surface area contributed by atoms with Crippen LogP contribution in [0.25, 0.3) is 0 Å². The van der Waals surface area contributed by atoms with Gasteiger partial charge < -0.3 is 0 Å². The predicted octanol–water partition coefficient (Wildman–Crippen LogP) is 1.55. The summed E-state index contributed by atoms with van der Waals surface area (Å²) in [5.41, 5.74) is 0.801. The fourth-order valence-corrected chi connectivity index (χ4v) is 1.29. The Hall–Kier alpha value is -1.22. The average molecular weight is 197 g/mol. The van der Waals surface area contributed by atoms with Gasteiger partial charge in [-0.1, -0.05) is 18.2 Å². The minimum absolute atomic E-state index is 0. The van der Waals surface area contributed by atoms with Crippen molar-refractivity contribution in [1.29, 1.82) is 0 Å². The molecule has 1 amide bonds. The Kier molecular flexibility index (Phi) is 2.78. The third kappa shape index (κ3) is 1.75. The smallest absolute Gasteiger partial charge is 0.260 e. The molecule has 1 unspecified atom stereocenters. The topological polar surface area (TPSA) is 41.8 Å². The number of hydrogen-bond donors (Lipinski definition) is 0. The number of halogens is 1. The third-order valence-corrected chi connectivity index (χ3v) is 1.83. The number of allylic oxidation sites excluding steroid dienone is 3. The molecular formula is C9H9ClN2O. The van der Waals surface area contributed by atoms with Crippen molar-refractivity contribution in [2.75, 3.05) is 0 Å². The molecule has 2 aliphatic rings. The molecule has 4 heteroatoms. The zero-order valence-electron chi connectivity index (χ0n) is 7.10. The molecule has 0 spiro atoms. The maximum Gasteiger partial charge on any atom is 0.260 e. The number of rotatable bonds is 0. The van der Waals surface area contributed by atoms with Crippen LogP contribution < -0.4 is 0 Å². The number of carbonyl (C=O) groups is 1.